The molecule has 3 saturated heterocycles. The minimum atomic E-state index is -0.791. The van der Waals surface area contributed by atoms with Crippen molar-refractivity contribution in [1.29, 1.82) is 0 Å². The fraction of sp³-hybridized carbons (Fsp3) is 0.593. The number of ether oxygens (including phenoxy) is 2. The number of rotatable bonds is 9. The molecule has 0 spiro atoms. The molecule has 0 aliphatic carbocycles. The van der Waals surface area contributed by atoms with Gasteiger partial charge in [-0.3, -0.25) is 19.7 Å². The van der Waals surface area contributed by atoms with Gasteiger partial charge in [-0.15, -0.1) is 0 Å². The molecular weight excluding hydrogens is 458 g/mol. The van der Waals surface area contributed by atoms with E-state index in [1.165, 1.54) is 4.90 Å². The van der Waals surface area contributed by atoms with Crippen LogP contribution in [0.3, 0.4) is 0 Å². The molecule has 2 N–H and O–H groups in total. The van der Waals surface area contributed by atoms with Crippen LogP contribution in [0.1, 0.15) is 51.0 Å². The smallest absolute Gasteiger partial charge is 0.325 e. The topological polar surface area (TPSA) is 99.8 Å². The first-order chi connectivity index (χ1) is 17.5. The van der Waals surface area contributed by atoms with Crippen LogP contribution in [0.2, 0.25) is 0 Å². The van der Waals surface area contributed by atoms with E-state index in [9.17, 15) is 9.59 Å². The van der Waals surface area contributed by atoms with Gasteiger partial charge in [-0.2, -0.15) is 5.10 Å². The number of imide groups is 1. The van der Waals surface area contributed by atoms with Crippen LogP contribution in [0.5, 0.6) is 5.75 Å². The predicted octanol–water partition coefficient (Wildman–Crippen LogP) is 3.57. The summed E-state index contributed by atoms with van der Waals surface area (Å²) in [6, 6.07) is 7.72. The highest BCUT2D eigenvalue weighted by molar-refractivity contribution is 6.07. The van der Waals surface area contributed by atoms with E-state index in [0.717, 1.165) is 74.3 Å². The summed E-state index contributed by atoms with van der Waals surface area (Å²) >= 11 is 0. The summed E-state index contributed by atoms with van der Waals surface area (Å²) in [4.78, 5) is 30.4. The van der Waals surface area contributed by atoms with E-state index >= 15 is 0 Å². The Balaban J connectivity index is 1.24. The summed E-state index contributed by atoms with van der Waals surface area (Å²) in [5.74, 6) is 0.899. The Kier molecular flexibility index (Phi) is 7.29. The minimum absolute atomic E-state index is 0.0335. The van der Waals surface area contributed by atoms with Gasteiger partial charge in [0.1, 0.15) is 11.3 Å². The van der Waals surface area contributed by atoms with E-state index < -0.39 is 5.54 Å². The summed E-state index contributed by atoms with van der Waals surface area (Å²) in [5.41, 5.74) is 2.45. The fourth-order valence-corrected chi connectivity index (χ4v) is 6.11. The number of carbonyl (C=O) groups excluding carboxylic acids is 2. The molecule has 0 saturated carbocycles. The highest BCUT2D eigenvalue weighted by Crippen LogP contribution is 2.38. The predicted molar refractivity (Wildman–Crippen MR) is 135 cm³/mol. The third-order valence-corrected chi connectivity index (χ3v) is 8.03. The molecule has 9 heteroatoms. The van der Waals surface area contributed by atoms with Gasteiger partial charge >= 0.3 is 6.03 Å². The number of aromatic nitrogens is 2. The zero-order chi connectivity index (χ0) is 25.1. The molecule has 3 amide bonds. The van der Waals surface area contributed by atoms with Gasteiger partial charge < -0.3 is 14.8 Å². The summed E-state index contributed by atoms with van der Waals surface area (Å²) in [6.07, 6.45) is 7.02. The number of piperidine rings is 1. The van der Waals surface area contributed by atoms with Crippen molar-refractivity contribution < 1.29 is 19.1 Å². The summed E-state index contributed by atoms with van der Waals surface area (Å²) in [5, 5.41) is 10.6. The molecule has 5 rings (SSSR count). The maximum absolute atomic E-state index is 13.7. The first kappa shape index (κ1) is 24.8. The third kappa shape index (κ3) is 4.74. The van der Waals surface area contributed by atoms with Crippen molar-refractivity contribution in [3.63, 3.8) is 0 Å². The van der Waals surface area contributed by atoms with E-state index in [4.69, 9.17) is 9.47 Å². The van der Waals surface area contributed by atoms with Crippen LogP contribution in [0, 0.1) is 5.92 Å². The molecule has 2 unspecified atom stereocenters. The highest BCUT2D eigenvalue weighted by atomic mass is 16.5. The second-order valence-electron chi connectivity index (χ2n) is 10.3. The molecule has 0 radical (unpaired) electrons. The Bertz CT molecular complexity index is 1060. The molecule has 2 aromatic rings. The molecule has 194 valence electrons. The maximum atomic E-state index is 13.7. The lowest BCUT2D eigenvalue weighted by molar-refractivity contribution is -0.135. The number of nitrogens with one attached hydrogen (secondary N) is 2. The molecule has 3 aliphatic rings. The van der Waals surface area contributed by atoms with Gasteiger partial charge in [-0.05, 0) is 75.4 Å². The van der Waals surface area contributed by atoms with Crippen molar-refractivity contribution in [1.82, 2.24) is 25.3 Å². The van der Waals surface area contributed by atoms with Crippen LogP contribution in [0.25, 0.3) is 11.3 Å². The largest absolute Gasteiger partial charge is 0.497 e. The van der Waals surface area contributed by atoms with Crippen molar-refractivity contribution >= 4 is 11.9 Å². The summed E-state index contributed by atoms with van der Waals surface area (Å²) in [6.45, 7) is 5.69. The Morgan fingerprint density at radius 2 is 1.94 bits per heavy atom. The fourth-order valence-electron chi connectivity index (χ4n) is 6.11. The van der Waals surface area contributed by atoms with Gasteiger partial charge in [0.15, 0.2) is 0 Å². The second kappa shape index (κ2) is 10.6. The molecule has 0 bridgehead atoms. The lowest BCUT2D eigenvalue weighted by Crippen LogP contribution is -2.56. The summed E-state index contributed by atoms with van der Waals surface area (Å²) in [7, 11) is 1.66. The molecule has 36 heavy (non-hydrogen) atoms. The van der Waals surface area contributed by atoms with Crippen LogP contribution in [0.15, 0.2) is 30.5 Å². The lowest BCUT2D eigenvalue weighted by Gasteiger charge is -2.41. The number of urea groups is 1. The number of carbonyl (C=O) groups is 2. The Morgan fingerprint density at radius 1 is 1.17 bits per heavy atom. The Hall–Kier alpha value is -2.91. The van der Waals surface area contributed by atoms with Crippen LogP contribution < -0.4 is 10.1 Å². The molecule has 4 heterocycles. The zero-order valence-electron chi connectivity index (χ0n) is 21.3. The van der Waals surface area contributed by atoms with Crippen molar-refractivity contribution in [2.45, 2.75) is 63.6 Å². The number of methoxy groups -OCH3 is 1. The molecule has 3 aliphatic heterocycles. The van der Waals surface area contributed by atoms with Crippen molar-refractivity contribution in [3.05, 3.63) is 36.0 Å². The number of benzene rings is 1. The van der Waals surface area contributed by atoms with Gasteiger partial charge in [0.25, 0.3) is 5.91 Å². The number of aromatic amines is 1. The SMILES string of the molecule is CCCC1(C2CCN(Cc3cn[nH]c3-c3ccc(OC)cc3)CC2)NC(=O)N(CC2CCCO2)C1=O. The van der Waals surface area contributed by atoms with Gasteiger partial charge in [-0.25, -0.2) is 4.79 Å². The summed E-state index contributed by atoms with van der Waals surface area (Å²) < 4.78 is 11.0. The van der Waals surface area contributed by atoms with Gasteiger partial charge in [0.2, 0.25) is 0 Å². The van der Waals surface area contributed by atoms with E-state index in [-0.39, 0.29) is 24.0 Å². The first-order valence-corrected chi connectivity index (χ1v) is 13.2. The second-order valence-corrected chi connectivity index (χ2v) is 10.3. The zero-order valence-corrected chi connectivity index (χ0v) is 21.3. The quantitative estimate of drug-likeness (QED) is 0.516. The van der Waals surface area contributed by atoms with Crippen LogP contribution in [-0.2, 0) is 16.1 Å². The van der Waals surface area contributed by atoms with Crippen LogP contribution in [0.4, 0.5) is 4.79 Å². The van der Waals surface area contributed by atoms with Crippen molar-refractivity contribution in [2.24, 2.45) is 5.92 Å². The molecule has 3 fully saturated rings. The van der Waals surface area contributed by atoms with E-state index in [1.54, 1.807) is 7.11 Å². The van der Waals surface area contributed by atoms with Crippen molar-refractivity contribution in [3.8, 4) is 17.0 Å². The van der Waals surface area contributed by atoms with E-state index in [1.807, 2.05) is 30.5 Å². The third-order valence-electron chi connectivity index (χ3n) is 8.03. The van der Waals surface area contributed by atoms with E-state index in [0.29, 0.717) is 19.6 Å². The Labute approximate surface area is 212 Å². The number of hydrogen-bond donors (Lipinski definition) is 2. The van der Waals surface area contributed by atoms with Gasteiger partial charge in [0, 0.05) is 24.3 Å². The standard InChI is InChI=1S/C27H37N5O4/c1-3-12-27(25(33)32(26(34)29-27)18-23-5-4-15-36-23)21-10-13-31(14-11-21)17-20-16-28-30-24(20)19-6-8-22(35-2)9-7-19/h6-9,16,21,23H,3-5,10-15,17-18H2,1-2H3,(H,28,30)(H,29,34). The average molecular weight is 496 g/mol. The van der Waals surface area contributed by atoms with E-state index in [2.05, 4.69) is 27.3 Å². The number of likely N-dealkylation sites (tertiary alicyclic amines) is 1. The highest BCUT2D eigenvalue weighted by Gasteiger charge is 2.55. The van der Waals surface area contributed by atoms with Crippen LogP contribution in [-0.4, -0.2) is 76.9 Å². The van der Waals surface area contributed by atoms with Gasteiger partial charge in [-0.1, -0.05) is 13.3 Å². The number of amides is 3. The molecule has 1 aromatic heterocycles. The number of H-pyrrole nitrogens is 1. The van der Waals surface area contributed by atoms with Crippen LogP contribution >= 0.6 is 0 Å². The monoisotopic (exact) mass is 495 g/mol. The number of nitrogens with zero attached hydrogens (tertiary/aromatic N) is 3. The van der Waals surface area contributed by atoms with Gasteiger partial charge in [0.05, 0.1) is 31.6 Å². The lowest BCUT2D eigenvalue weighted by atomic mass is 9.74. The molecular formula is C27H37N5O4. The average Bonchev–Trinajstić information content (AvgIpc) is 3.63. The minimum Gasteiger partial charge on any atom is -0.497 e. The molecule has 9 nitrogen and oxygen atoms in total. The first-order valence-electron chi connectivity index (χ1n) is 13.2. The molecule has 1 aromatic carbocycles. The molecule has 2 atom stereocenters. The Morgan fingerprint density at radius 3 is 2.61 bits per heavy atom. The number of hydrogen-bond acceptors (Lipinski definition) is 6. The maximum Gasteiger partial charge on any atom is 0.325 e. The normalized spacial score (nSPS) is 25.5. The van der Waals surface area contributed by atoms with Crippen molar-refractivity contribution in [2.75, 3.05) is 33.4 Å².